The van der Waals surface area contributed by atoms with Crippen LogP contribution in [0.5, 0.6) is 0 Å². The highest BCUT2D eigenvalue weighted by Gasteiger charge is 2.21. The summed E-state index contributed by atoms with van der Waals surface area (Å²) in [6, 6.07) is 1.49. The molecular weight excluding hydrogens is 354 g/mol. The first-order valence-electron chi connectivity index (χ1n) is 6.82. The van der Waals surface area contributed by atoms with E-state index in [0.29, 0.717) is 10.7 Å². The van der Waals surface area contributed by atoms with Gasteiger partial charge in [-0.25, -0.2) is 0 Å². The number of nitrogens with two attached hydrogens (primary N) is 1. The number of hydrogen-bond donors (Lipinski definition) is 2. The largest absolute Gasteiger partial charge is 0.451 e. The molecule has 2 rings (SSSR count). The predicted octanol–water partition coefficient (Wildman–Crippen LogP) is 0.949. The number of aryl methyl sites for hydroxylation is 1. The fourth-order valence-electron chi connectivity index (χ4n) is 1.83. The zero-order valence-corrected chi connectivity index (χ0v) is 14.5. The summed E-state index contributed by atoms with van der Waals surface area (Å²) in [5.41, 5.74) is 6.03. The van der Waals surface area contributed by atoms with Crippen LogP contribution in [0.4, 0.5) is 5.00 Å². The molecule has 10 heteroatoms. The molecule has 0 aromatic carbocycles. The molecule has 3 N–H and O–H groups in total. The molecule has 2 amide bonds. The molecule has 0 fully saturated rings. The van der Waals surface area contributed by atoms with Crippen molar-refractivity contribution in [2.45, 2.75) is 26.5 Å². The topological polar surface area (TPSA) is 120 Å². The number of nitrogens with zero attached hydrogens (tertiary/aromatic N) is 1. The van der Waals surface area contributed by atoms with Gasteiger partial charge < -0.3 is 15.8 Å². The Bertz CT molecular complexity index is 836. The van der Waals surface area contributed by atoms with E-state index in [0.717, 1.165) is 22.7 Å². The van der Waals surface area contributed by atoms with E-state index in [-0.39, 0.29) is 17.0 Å². The highest BCUT2D eigenvalue weighted by atomic mass is 32.1. The number of esters is 1. The van der Waals surface area contributed by atoms with Crippen molar-refractivity contribution in [3.05, 3.63) is 37.8 Å². The lowest BCUT2D eigenvalue weighted by Gasteiger charge is -2.13. The molecule has 0 radical (unpaired) electrons. The number of thiazole rings is 1. The number of rotatable bonds is 6. The van der Waals surface area contributed by atoms with E-state index in [1.807, 2.05) is 0 Å². The van der Waals surface area contributed by atoms with E-state index < -0.39 is 23.9 Å². The van der Waals surface area contributed by atoms with Crippen molar-refractivity contribution in [3.8, 4) is 0 Å². The summed E-state index contributed by atoms with van der Waals surface area (Å²) < 4.78 is 6.29. The summed E-state index contributed by atoms with van der Waals surface area (Å²) in [4.78, 5) is 46.4. The third-order valence-corrected chi connectivity index (χ3v) is 4.82. The first kappa shape index (κ1) is 17.9. The van der Waals surface area contributed by atoms with Crippen LogP contribution in [0.1, 0.15) is 23.0 Å². The van der Waals surface area contributed by atoms with Gasteiger partial charge in [-0.15, -0.1) is 11.3 Å². The van der Waals surface area contributed by atoms with Crippen LogP contribution in [0, 0.1) is 6.92 Å². The average Bonchev–Trinajstić information content (AvgIpc) is 3.09. The van der Waals surface area contributed by atoms with E-state index in [1.54, 1.807) is 17.7 Å². The highest BCUT2D eigenvalue weighted by molar-refractivity contribution is 7.14. The van der Waals surface area contributed by atoms with Crippen LogP contribution in [0.25, 0.3) is 0 Å². The molecule has 2 aromatic rings. The number of nitrogens with one attached hydrogen (secondary N) is 1. The fourth-order valence-corrected chi connectivity index (χ4v) is 3.36. The van der Waals surface area contributed by atoms with Crippen molar-refractivity contribution in [2.75, 3.05) is 5.32 Å². The van der Waals surface area contributed by atoms with E-state index in [4.69, 9.17) is 10.5 Å². The Hall–Kier alpha value is -2.46. The summed E-state index contributed by atoms with van der Waals surface area (Å²) >= 11 is 2.12. The summed E-state index contributed by atoms with van der Waals surface area (Å²) in [5, 5.41) is 6.03. The number of amides is 2. The Balaban J connectivity index is 1.96. The summed E-state index contributed by atoms with van der Waals surface area (Å²) in [7, 11) is 0. The van der Waals surface area contributed by atoms with Crippen LogP contribution in [0.15, 0.2) is 21.6 Å². The van der Waals surface area contributed by atoms with Gasteiger partial charge in [0.2, 0.25) is 0 Å². The van der Waals surface area contributed by atoms with E-state index in [1.165, 1.54) is 17.6 Å². The number of thiophene rings is 1. The summed E-state index contributed by atoms with van der Waals surface area (Å²) in [6.45, 7) is 2.83. The molecule has 2 heterocycles. The summed E-state index contributed by atoms with van der Waals surface area (Å²) in [5.74, 6) is -1.96. The Labute approximate surface area is 144 Å². The van der Waals surface area contributed by atoms with Gasteiger partial charge in [0.05, 0.1) is 5.56 Å². The first-order chi connectivity index (χ1) is 11.3. The monoisotopic (exact) mass is 369 g/mol. The molecule has 0 saturated carbocycles. The van der Waals surface area contributed by atoms with Gasteiger partial charge >= 0.3 is 10.8 Å². The minimum Gasteiger partial charge on any atom is -0.451 e. The number of aromatic nitrogens is 1. The molecule has 0 aliphatic carbocycles. The first-order valence-corrected chi connectivity index (χ1v) is 8.58. The Morgan fingerprint density at radius 2 is 2.08 bits per heavy atom. The van der Waals surface area contributed by atoms with Gasteiger partial charge in [0.25, 0.3) is 11.8 Å². The van der Waals surface area contributed by atoms with Gasteiger partial charge in [-0.05, 0) is 25.3 Å². The van der Waals surface area contributed by atoms with Gasteiger partial charge in [-0.3, -0.25) is 23.7 Å². The number of hydrogen-bond acceptors (Lipinski definition) is 7. The SMILES string of the molecule is Cc1csc(=O)n1CC(=O)O[C@H](C)C(=O)Nc1sccc1C(N)=O. The lowest BCUT2D eigenvalue weighted by Crippen LogP contribution is -2.32. The minimum absolute atomic E-state index is 0.187. The predicted molar refractivity (Wildman–Crippen MR) is 90.3 cm³/mol. The summed E-state index contributed by atoms with van der Waals surface area (Å²) in [6.07, 6.45) is -1.09. The van der Waals surface area contributed by atoms with Crippen molar-refractivity contribution in [1.29, 1.82) is 0 Å². The maximum atomic E-state index is 12.1. The lowest BCUT2D eigenvalue weighted by atomic mass is 10.3. The molecule has 0 aliphatic rings. The Morgan fingerprint density at radius 3 is 2.67 bits per heavy atom. The number of carbonyl (C=O) groups is 3. The van der Waals surface area contributed by atoms with Gasteiger partial charge in [0.15, 0.2) is 6.10 Å². The molecule has 0 spiro atoms. The lowest BCUT2D eigenvalue weighted by molar-refractivity contribution is -0.153. The van der Waals surface area contributed by atoms with E-state index in [9.17, 15) is 19.2 Å². The fraction of sp³-hybridized carbons (Fsp3) is 0.286. The Morgan fingerprint density at radius 1 is 1.38 bits per heavy atom. The minimum atomic E-state index is -1.09. The highest BCUT2D eigenvalue weighted by Crippen LogP contribution is 2.22. The molecule has 0 unspecified atom stereocenters. The third kappa shape index (κ3) is 4.09. The number of primary amides is 1. The van der Waals surface area contributed by atoms with E-state index >= 15 is 0 Å². The third-order valence-electron chi connectivity index (χ3n) is 3.11. The second kappa shape index (κ2) is 7.41. The molecule has 8 nitrogen and oxygen atoms in total. The molecule has 2 aromatic heterocycles. The van der Waals surface area contributed by atoms with Crippen LogP contribution in [0.3, 0.4) is 0 Å². The molecule has 0 saturated heterocycles. The zero-order chi connectivity index (χ0) is 17.9. The zero-order valence-electron chi connectivity index (χ0n) is 12.9. The smallest absolute Gasteiger partial charge is 0.326 e. The van der Waals surface area contributed by atoms with Crippen molar-refractivity contribution in [2.24, 2.45) is 5.73 Å². The second-order valence-electron chi connectivity index (χ2n) is 4.88. The van der Waals surface area contributed by atoms with Crippen LogP contribution in [-0.2, 0) is 20.9 Å². The number of carbonyl (C=O) groups excluding carboxylic acids is 3. The molecule has 24 heavy (non-hydrogen) atoms. The van der Waals surface area contributed by atoms with Crippen LogP contribution in [-0.4, -0.2) is 28.5 Å². The average molecular weight is 369 g/mol. The van der Waals surface area contributed by atoms with Crippen molar-refractivity contribution >= 4 is 45.5 Å². The van der Waals surface area contributed by atoms with Gasteiger partial charge in [0.1, 0.15) is 11.5 Å². The van der Waals surface area contributed by atoms with Crippen molar-refractivity contribution in [1.82, 2.24) is 4.57 Å². The van der Waals surface area contributed by atoms with Crippen LogP contribution >= 0.6 is 22.7 Å². The molecule has 128 valence electrons. The second-order valence-corrected chi connectivity index (χ2v) is 6.61. The number of ether oxygens (including phenoxy) is 1. The normalized spacial score (nSPS) is 11.8. The molecule has 1 atom stereocenters. The van der Waals surface area contributed by atoms with Gasteiger partial charge in [-0.2, -0.15) is 0 Å². The maximum absolute atomic E-state index is 12.1. The Kier molecular flexibility index (Phi) is 5.52. The quantitative estimate of drug-likeness (QED) is 0.735. The van der Waals surface area contributed by atoms with Crippen LogP contribution in [0.2, 0.25) is 0 Å². The molecule has 0 aliphatic heterocycles. The molecule has 0 bridgehead atoms. The maximum Gasteiger partial charge on any atom is 0.326 e. The van der Waals surface area contributed by atoms with E-state index in [2.05, 4.69) is 5.32 Å². The van der Waals surface area contributed by atoms with Crippen molar-refractivity contribution in [3.63, 3.8) is 0 Å². The van der Waals surface area contributed by atoms with Gasteiger partial charge in [-0.1, -0.05) is 11.3 Å². The standard InChI is InChI=1S/C14H15N3O5S2/c1-7-6-24-14(21)17(7)5-10(18)22-8(2)12(20)16-13-9(11(15)19)3-4-23-13/h3-4,6,8H,5H2,1-2H3,(H2,15,19)(H,16,20)/t8-/m1/s1. The number of anilines is 1. The van der Waals surface area contributed by atoms with Gasteiger partial charge in [0, 0.05) is 11.1 Å². The van der Waals surface area contributed by atoms with Crippen molar-refractivity contribution < 1.29 is 19.1 Å². The van der Waals surface area contributed by atoms with Crippen LogP contribution < -0.4 is 15.9 Å². The molecular formula is C14H15N3O5S2.